The van der Waals surface area contributed by atoms with Gasteiger partial charge in [0.25, 0.3) is 0 Å². The van der Waals surface area contributed by atoms with E-state index in [1.54, 1.807) is 0 Å². The van der Waals surface area contributed by atoms with Crippen LogP contribution in [0, 0.1) is 0 Å². The van der Waals surface area contributed by atoms with Gasteiger partial charge < -0.3 is 0 Å². The molecule has 0 fully saturated rings. The van der Waals surface area contributed by atoms with Gasteiger partial charge in [-0.15, -0.1) is 0 Å². The molecule has 10 aromatic rings. The van der Waals surface area contributed by atoms with Gasteiger partial charge in [0.15, 0.2) is 0 Å². The molecule has 256 valence electrons. The molecule has 1 aliphatic rings. The van der Waals surface area contributed by atoms with Gasteiger partial charge in [0.05, 0.1) is 5.41 Å². The maximum atomic E-state index is 2.47. The van der Waals surface area contributed by atoms with E-state index in [1.165, 1.54) is 99.1 Å². The topological polar surface area (TPSA) is 0 Å². The highest BCUT2D eigenvalue weighted by Gasteiger charge is 2.46. The van der Waals surface area contributed by atoms with Gasteiger partial charge in [0.2, 0.25) is 0 Å². The van der Waals surface area contributed by atoms with E-state index >= 15 is 0 Å². The Morgan fingerprint density at radius 2 is 0.509 bits per heavy atom. The summed E-state index contributed by atoms with van der Waals surface area (Å²) in [6.45, 7) is 0. The van der Waals surface area contributed by atoms with Crippen LogP contribution >= 0.6 is 0 Å². The molecule has 0 unspecified atom stereocenters. The summed E-state index contributed by atoms with van der Waals surface area (Å²) in [5.41, 5.74) is 14.6. The lowest BCUT2D eigenvalue weighted by Crippen LogP contribution is -2.28. The monoisotopic (exact) mass is 696 g/mol. The van der Waals surface area contributed by atoms with Crippen molar-refractivity contribution in [2.75, 3.05) is 0 Å². The molecule has 0 nitrogen and oxygen atoms in total. The van der Waals surface area contributed by atoms with E-state index in [-0.39, 0.29) is 0 Å². The maximum absolute atomic E-state index is 2.47. The minimum absolute atomic E-state index is 0.498. The first kappa shape index (κ1) is 31.5. The van der Waals surface area contributed by atoms with Crippen molar-refractivity contribution < 1.29 is 0 Å². The second-order valence-corrected chi connectivity index (χ2v) is 14.9. The lowest BCUT2D eigenvalue weighted by molar-refractivity contribution is 0.769. The summed E-state index contributed by atoms with van der Waals surface area (Å²) in [7, 11) is 0. The van der Waals surface area contributed by atoms with E-state index in [1.807, 2.05) is 0 Å². The first-order chi connectivity index (χ1) is 27.2. The summed E-state index contributed by atoms with van der Waals surface area (Å²) in [4.78, 5) is 0. The molecule has 0 radical (unpaired) electrons. The minimum atomic E-state index is -0.498. The molecule has 0 heterocycles. The van der Waals surface area contributed by atoms with Crippen molar-refractivity contribution in [1.29, 1.82) is 0 Å². The van der Waals surface area contributed by atoms with Crippen LogP contribution in [0.3, 0.4) is 0 Å². The summed E-state index contributed by atoms with van der Waals surface area (Å²) in [5, 5.41) is 7.53. The number of benzene rings is 10. The molecule has 0 spiro atoms. The first-order valence-electron chi connectivity index (χ1n) is 19.2. The Hall–Kier alpha value is -7.02. The Morgan fingerprint density at radius 1 is 0.218 bits per heavy atom. The Bertz CT molecular complexity index is 3040. The van der Waals surface area contributed by atoms with E-state index in [4.69, 9.17) is 0 Å². The number of hydrogen-bond acceptors (Lipinski definition) is 0. The van der Waals surface area contributed by atoms with Crippen molar-refractivity contribution in [3.8, 4) is 44.5 Å². The van der Waals surface area contributed by atoms with Crippen LogP contribution in [0.1, 0.15) is 22.3 Å². The molecule has 11 rings (SSSR count). The molecule has 0 bridgehead atoms. The molecule has 0 saturated heterocycles. The van der Waals surface area contributed by atoms with Crippen molar-refractivity contribution >= 4 is 32.3 Å². The summed E-state index contributed by atoms with van der Waals surface area (Å²) in [6, 6.07) is 81.1. The van der Waals surface area contributed by atoms with Crippen LogP contribution in [0.2, 0.25) is 0 Å². The van der Waals surface area contributed by atoms with Crippen molar-refractivity contribution in [2.24, 2.45) is 0 Å². The van der Waals surface area contributed by atoms with Crippen molar-refractivity contribution in [1.82, 2.24) is 0 Å². The van der Waals surface area contributed by atoms with Gasteiger partial charge in [-0.3, -0.25) is 0 Å². The lowest BCUT2D eigenvalue weighted by atomic mass is 9.67. The smallest absolute Gasteiger partial charge is 0.0622 e. The third-order valence-corrected chi connectivity index (χ3v) is 11.9. The molecule has 0 amide bonds. The van der Waals surface area contributed by atoms with E-state index < -0.39 is 5.41 Å². The molecule has 0 heteroatoms. The Balaban J connectivity index is 1.07. The molecular weight excluding hydrogens is 661 g/mol. The second-order valence-electron chi connectivity index (χ2n) is 14.9. The highest BCUT2D eigenvalue weighted by Crippen LogP contribution is 2.57. The van der Waals surface area contributed by atoms with E-state index in [0.717, 1.165) is 0 Å². The average molecular weight is 697 g/mol. The largest absolute Gasteiger partial charge is 0.0713 e. The van der Waals surface area contributed by atoms with Gasteiger partial charge in [0, 0.05) is 0 Å². The van der Waals surface area contributed by atoms with Crippen LogP contribution in [-0.2, 0) is 5.41 Å². The first-order valence-corrected chi connectivity index (χ1v) is 19.2. The van der Waals surface area contributed by atoms with Crippen molar-refractivity contribution in [3.05, 3.63) is 241 Å². The fraction of sp³-hybridized carbons (Fsp3) is 0.0182. The number of fused-ring (bicyclic) bond motifs is 6. The molecular formula is C55H36. The molecule has 0 atom stereocenters. The van der Waals surface area contributed by atoms with Gasteiger partial charge >= 0.3 is 0 Å². The van der Waals surface area contributed by atoms with Crippen LogP contribution in [0.25, 0.3) is 76.8 Å². The van der Waals surface area contributed by atoms with E-state index in [2.05, 4.69) is 218 Å². The fourth-order valence-electron chi connectivity index (χ4n) is 9.19. The molecule has 0 N–H and O–H groups in total. The Labute approximate surface area is 321 Å². The molecule has 0 saturated carbocycles. The second kappa shape index (κ2) is 12.5. The van der Waals surface area contributed by atoms with Crippen LogP contribution in [0.4, 0.5) is 0 Å². The predicted molar refractivity (Wildman–Crippen MR) is 233 cm³/mol. The summed E-state index contributed by atoms with van der Waals surface area (Å²) in [5.74, 6) is 0. The normalized spacial score (nSPS) is 12.9. The van der Waals surface area contributed by atoms with Gasteiger partial charge in [-0.25, -0.2) is 0 Å². The third kappa shape index (κ3) is 5.07. The van der Waals surface area contributed by atoms with Crippen LogP contribution in [-0.4, -0.2) is 0 Å². The van der Waals surface area contributed by atoms with Crippen LogP contribution < -0.4 is 0 Å². The zero-order valence-electron chi connectivity index (χ0n) is 30.3. The Kier molecular flexibility index (Phi) is 7.19. The number of rotatable bonds is 5. The van der Waals surface area contributed by atoms with Crippen molar-refractivity contribution in [2.45, 2.75) is 5.41 Å². The maximum Gasteiger partial charge on any atom is 0.0713 e. The van der Waals surface area contributed by atoms with Crippen LogP contribution in [0.15, 0.2) is 218 Å². The van der Waals surface area contributed by atoms with E-state index in [0.29, 0.717) is 0 Å². The van der Waals surface area contributed by atoms with E-state index in [9.17, 15) is 0 Å². The molecule has 0 aromatic heterocycles. The summed E-state index contributed by atoms with van der Waals surface area (Å²) >= 11 is 0. The highest BCUT2D eigenvalue weighted by molar-refractivity contribution is 5.95. The summed E-state index contributed by atoms with van der Waals surface area (Å²) < 4.78 is 0. The minimum Gasteiger partial charge on any atom is -0.0622 e. The lowest BCUT2D eigenvalue weighted by Gasteiger charge is -2.34. The predicted octanol–water partition coefficient (Wildman–Crippen LogP) is 14.5. The molecule has 10 aromatic carbocycles. The summed E-state index contributed by atoms with van der Waals surface area (Å²) in [6.07, 6.45) is 0. The van der Waals surface area contributed by atoms with Gasteiger partial charge in [-0.05, 0) is 135 Å². The molecule has 55 heavy (non-hydrogen) atoms. The zero-order valence-corrected chi connectivity index (χ0v) is 30.3. The van der Waals surface area contributed by atoms with Gasteiger partial charge in [-0.2, -0.15) is 0 Å². The van der Waals surface area contributed by atoms with Crippen molar-refractivity contribution in [3.63, 3.8) is 0 Å². The van der Waals surface area contributed by atoms with Gasteiger partial charge in [0.1, 0.15) is 0 Å². The molecule has 1 aliphatic carbocycles. The SMILES string of the molecule is c1ccc(C2(c3ccccc3)c3cc(-c4ccc5ccccc5c4)ccc3-c3ccc(-c4ccc5cc(-c6ccc7ccccc7c6)ccc5c4)cc32)cc1. The zero-order chi connectivity index (χ0) is 36.3. The fourth-order valence-corrected chi connectivity index (χ4v) is 9.19. The van der Waals surface area contributed by atoms with Gasteiger partial charge in [-0.1, -0.05) is 182 Å². The number of hydrogen-bond donors (Lipinski definition) is 0. The Morgan fingerprint density at radius 3 is 0.909 bits per heavy atom. The van der Waals surface area contributed by atoms with Crippen LogP contribution in [0.5, 0.6) is 0 Å². The standard InChI is InChI=1S/C55H36/c1-3-15-49(16-4-1)55(50-17-5-2-6-18-50)53-35-47(45-22-20-38-12-8-10-14-40(38)32-45)27-29-51(53)52-30-28-48(36-54(52)55)46-26-25-43-33-42(23-24-44(43)34-46)41-21-19-37-11-7-9-13-39(37)31-41/h1-36H. The third-order valence-electron chi connectivity index (χ3n) is 11.9. The molecule has 0 aliphatic heterocycles. The quantitative estimate of drug-likeness (QED) is 0.168. The average Bonchev–Trinajstić information content (AvgIpc) is 3.56. The highest BCUT2D eigenvalue weighted by atomic mass is 14.5.